The zero-order valence-corrected chi connectivity index (χ0v) is 12.5. The Morgan fingerprint density at radius 3 is 2.80 bits per heavy atom. The minimum Gasteiger partial charge on any atom is -0.477 e. The van der Waals surface area contributed by atoms with Crippen molar-refractivity contribution in [3.05, 3.63) is 17.0 Å². The van der Waals surface area contributed by atoms with Crippen LogP contribution in [0.2, 0.25) is 0 Å². The van der Waals surface area contributed by atoms with Gasteiger partial charge in [0.2, 0.25) is 10.0 Å². The molecule has 0 amide bonds. The molecule has 20 heavy (non-hydrogen) atoms. The average molecular weight is 319 g/mol. The summed E-state index contributed by atoms with van der Waals surface area (Å²) >= 11 is 0.747. The average Bonchev–Trinajstić information content (AvgIpc) is 3.05. The van der Waals surface area contributed by atoms with E-state index in [1.54, 1.807) is 0 Å². The van der Waals surface area contributed by atoms with Gasteiger partial charge in [-0.15, -0.1) is 11.3 Å². The van der Waals surface area contributed by atoms with Crippen LogP contribution in [0.15, 0.2) is 16.3 Å². The number of thiophene rings is 1. The Morgan fingerprint density at radius 1 is 1.45 bits per heavy atom. The van der Waals surface area contributed by atoms with Crippen LogP contribution in [0, 0.1) is 5.92 Å². The van der Waals surface area contributed by atoms with Crippen LogP contribution < -0.4 is 4.72 Å². The molecule has 1 heterocycles. The topological polar surface area (TPSA) is 92.7 Å². The van der Waals surface area contributed by atoms with E-state index in [2.05, 4.69) is 4.72 Å². The van der Waals surface area contributed by atoms with E-state index in [9.17, 15) is 13.2 Å². The van der Waals surface area contributed by atoms with Gasteiger partial charge in [-0.05, 0) is 37.3 Å². The molecule has 0 atom stereocenters. The van der Waals surface area contributed by atoms with Gasteiger partial charge in [0, 0.05) is 19.8 Å². The van der Waals surface area contributed by atoms with E-state index in [1.165, 1.54) is 25.0 Å². The fourth-order valence-corrected chi connectivity index (χ4v) is 3.83. The summed E-state index contributed by atoms with van der Waals surface area (Å²) in [4.78, 5) is 10.7. The number of hydrogen-bond donors (Lipinski definition) is 2. The minimum atomic E-state index is -3.61. The number of hydrogen-bond acceptors (Lipinski definition) is 5. The molecule has 2 N–H and O–H groups in total. The maximum atomic E-state index is 11.9. The van der Waals surface area contributed by atoms with Gasteiger partial charge in [-0.2, -0.15) is 0 Å². The van der Waals surface area contributed by atoms with Crippen molar-refractivity contribution in [2.75, 3.05) is 19.8 Å². The molecule has 1 saturated carbocycles. The molecular weight excluding hydrogens is 302 g/mol. The third kappa shape index (κ3) is 4.55. The molecule has 1 fully saturated rings. The third-order valence-corrected chi connectivity index (χ3v) is 5.89. The number of ether oxygens (including phenoxy) is 1. The van der Waals surface area contributed by atoms with Gasteiger partial charge in [-0.1, -0.05) is 0 Å². The highest BCUT2D eigenvalue weighted by atomic mass is 32.2. The summed E-state index contributed by atoms with van der Waals surface area (Å²) in [6.45, 7) is 1.58. The molecule has 0 aromatic carbocycles. The van der Waals surface area contributed by atoms with Gasteiger partial charge in [-0.3, -0.25) is 0 Å². The van der Waals surface area contributed by atoms with Crippen LogP contribution in [0.3, 0.4) is 0 Å². The second-order valence-corrected chi connectivity index (χ2v) is 7.77. The standard InChI is InChI=1S/C12H17NO5S2/c14-12(15)10-4-5-11(19-10)20(16,17)13-6-1-7-18-8-9-2-3-9/h4-5,9,13H,1-3,6-8H2,(H,14,15). The number of aromatic carboxylic acids is 1. The Bertz CT molecular complexity index is 562. The first-order valence-electron chi connectivity index (χ1n) is 6.39. The lowest BCUT2D eigenvalue weighted by Gasteiger charge is -2.05. The monoisotopic (exact) mass is 319 g/mol. The highest BCUT2D eigenvalue weighted by molar-refractivity contribution is 7.91. The number of carbonyl (C=O) groups is 1. The summed E-state index contributed by atoms with van der Waals surface area (Å²) in [7, 11) is -3.61. The first-order valence-corrected chi connectivity index (χ1v) is 8.69. The molecule has 0 radical (unpaired) electrons. The van der Waals surface area contributed by atoms with Crippen molar-refractivity contribution in [1.82, 2.24) is 4.72 Å². The van der Waals surface area contributed by atoms with Gasteiger partial charge >= 0.3 is 5.97 Å². The van der Waals surface area contributed by atoms with Crippen molar-refractivity contribution in [2.24, 2.45) is 5.92 Å². The Morgan fingerprint density at radius 2 is 2.20 bits per heavy atom. The zero-order chi connectivity index (χ0) is 14.6. The zero-order valence-electron chi connectivity index (χ0n) is 10.9. The molecule has 0 spiro atoms. The van der Waals surface area contributed by atoms with Gasteiger partial charge in [0.1, 0.15) is 9.09 Å². The number of carboxylic acid groups (broad SMARTS) is 1. The molecule has 1 aliphatic carbocycles. The van der Waals surface area contributed by atoms with Crippen molar-refractivity contribution in [3.8, 4) is 0 Å². The molecule has 6 nitrogen and oxygen atoms in total. The minimum absolute atomic E-state index is 0.0122. The third-order valence-electron chi connectivity index (χ3n) is 2.86. The largest absolute Gasteiger partial charge is 0.477 e. The molecule has 0 unspecified atom stereocenters. The molecule has 1 aliphatic rings. The number of rotatable bonds is 9. The van der Waals surface area contributed by atoms with E-state index in [-0.39, 0.29) is 15.6 Å². The fraction of sp³-hybridized carbons (Fsp3) is 0.583. The van der Waals surface area contributed by atoms with Crippen molar-refractivity contribution >= 4 is 27.3 Å². The lowest BCUT2D eigenvalue weighted by atomic mass is 10.4. The van der Waals surface area contributed by atoms with E-state index in [0.29, 0.717) is 18.9 Å². The summed E-state index contributed by atoms with van der Waals surface area (Å²) < 4.78 is 31.6. The molecule has 0 aliphatic heterocycles. The predicted molar refractivity (Wildman–Crippen MR) is 74.6 cm³/mol. The molecule has 1 aromatic heterocycles. The van der Waals surface area contributed by atoms with Gasteiger partial charge in [0.25, 0.3) is 0 Å². The van der Waals surface area contributed by atoms with Crippen LogP contribution in [-0.4, -0.2) is 39.3 Å². The summed E-state index contributed by atoms with van der Waals surface area (Å²) in [6.07, 6.45) is 3.07. The fourth-order valence-electron chi connectivity index (χ4n) is 1.57. The summed E-state index contributed by atoms with van der Waals surface area (Å²) in [6, 6.07) is 2.60. The second-order valence-electron chi connectivity index (χ2n) is 4.69. The second kappa shape index (κ2) is 6.66. The van der Waals surface area contributed by atoms with Crippen molar-refractivity contribution in [2.45, 2.75) is 23.5 Å². The molecular formula is C12H17NO5S2. The van der Waals surface area contributed by atoms with Crippen molar-refractivity contribution < 1.29 is 23.1 Å². The van der Waals surface area contributed by atoms with Crippen LogP contribution in [0.4, 0.5) is 0 Å². The number of sulfonamides is 1. The van der Waals surface area contributed by atoms with Crippen LogP contribution in [0.25, 0.3) is 0 Å². The highest BCUT2D eigenvalue weighted by Gasteiger charge is 2.21. The first-order chi connectivity index (χ1) is 9.49. The Balaban J connectivity index is 1.73. The van der Waals surface area contributed by atoms with E-state index < -0.39 is 16.0 Å². The summed E-state index contributed by atoms with van der Waals surface area (Å²) in [5, 5.41) is 8.77. The number of nitrogens with one attached hydrogen (secondary N) is 1. The Hall–Kier alpha value is -0.960. The molecule has 0 bridgehead atoms. The van der Waals surface area contributed by atoms with E-state index in [0.717, 1.165) is 17.9 Å². The molecule has 112 valence electrons. The van der Waals surface area contributed by atoms with E-state index in [4.69, 9.17) is 9.84 Å². The maximum absolute atomic E-state index is 11.9. The van der Waals surface area contributed by atoms with Gasteiger partial charge in [-0.25, -0.2) is 17.9 Å². The van der Waals surface area contributed by atoms with E-state index in [1.807, 2.05) is 0 Å². The first kappa shape index (κ1) is 15.4. The summed E-state index contributed by atoms with van der Waals surface area (Å²) in [5.74, 6) is -0.419. The van der Waals surface area contributed by atoms with Crippen molar-refractivity contribution in [1.29, 1.82) is 0 Å². The van der Waals surface area contributed by atoms with Crippen LogP contribution in [0.5, 0.6) is 0 Å². The molecule has 1 aromatic rings. The Labute approximate surface area is 121 Å². The lowest BCUT2D eigenvalue weighted by molar-refractivity contribution is 0.0702. The van der Waals surface area contributed by atoms with Gasteiger partial charge in [0.15, 0.2) is 0 Å². The molecule has 8 heteroatoms. The normalized spacial score (nSPS) is 15.4. The lowest BCUT2D eigenvalue weighted by Crippen LogP contribution is -2.25. The molecule has 2 rings (SSSR count). The van der Waals surface area contributed by atoms with Crippen LogP contribution in [-0.2, 0) is 14.8 Å². The van der Waals surface area contributed by atoms with Crippen LogP contribution >= 0.6 is 11.3 Å². The van der Waals surface area contributed by atoms with E-state index >= 15 is 0 Å². The van der Waals surface area contributed by atoms with Crippen molar-refractivity contribution in [3.63, 3.8) is 0 Å². The Kier molecular flexibility index (Phi) is 5.14. The smallest absolute Gasteiger partial charge is 0.345 e. The maximum Gasteiger partial charge on any atom is 0.345 e. The highest BCUT2D eigenvalue weighted by Crippen LogP contribution is 2.28. The van der Waals surface area contributed by atoms with Gasteiger partial charge in [0.05, 0.1) is 0 Å². The number of carboxylic acids is 1. The predicted octanol–water partition coefficient (Wildman–Crippen LogP) is 1.54. The quantitative estimate of drug-likeness (QED) is 0.674. The molecule has 0 saturated heterocycles. The summed E-state index contributed by atoms with van der Waals surface area (Å²) in [5.41, 5.74) is 0. The van der Waals surface area contributed by atoms with Gasteiger partial charge < -0.3 is 9.84 Å². The van der Waals surface area contributed by atoms with Crippen LogP contribution in [0.1, 0.15) is 28.9 Å². The SMILES string of the molecule is O=C(O)c1ccc(S(=O)(=O)NCCCOCC2CC2)s1.